The van der Waals surface area contributed by atoms with E-state index >= 15 is 0 Å². The molecule has 25 heavy (non-hydrogen) atoms. The van der Waals surface area contributed by atoms with Crippen molar-refractivity contribution >= 4 is 11.9 Å². The van der Waals surface area contributed by atoms with Gasteiger partial charge in [0.2, 0.25) is 0 Å². The van der Waals surface area contributed by atoms with Gasteiger partial charge in [-0.05, 0) is 24.6 Å². The second-order valence-corrected chi connectivity index (χ2v) is 5.21. The molecule has 0 aliphatic heterocycles. The highest BCUT2D eigenvalue weighted by atomic mass is 16.5. The average molecular weight is 343 g/mol. The molecule has 2 aromatic carbocycles. The Morgan fingerprint density at radius 2 is 1.84 bits per heavy atom. The number of benzene rings is 2. The molecule has 0 aromatic heterocycles. The van der Waals surface area contributed by atoms with Crippen LogP contribution in [0.4, 0.5) is 0 Å². The number of carbonyl (C=O) groups is 2. The summed E-state index contributed by atoms with van der Waals surface area (Å²) in [5.41, 5.74) is 1.79. The molecule has 2 aromatic rings. The van der Waals surface area contributed by atoms with Crippen molar-refractivity contribution in [1.82, 2.24) is 5.32 Å². The van der Waals surface area contributed by atoms with Crippen LogP contribution >= 0.6 is 0 Å². The standard InChI is InChI=1S/C19H21NO5/c1-3-25-16-11-7-10-14(17(16)13-8-5-4-6-9-13)18(22)20-15(12-21)19(23)24-2/h4-11,15,21H,3,12H2,1-2H3,(H,20,22)/t15-/m0/s1. The Balaban J connectivity index is 2.45. The van der Waals surface area contributed by atoms with Gasteiger partial charge < -0.3 is 19.9 Å². The molecule has 0 heterocycles. The molecule has 1 amide bonds. The molecule has 1 atom stereocenters. The van der Waals surface area contributed by atoms with Gasteiger partial charge in [-0.15, -0.1) is 0 Å². The molecule has 6 heteroatoms. The molecule has 0 aliphatic carbocycles. The summed E-state index contributed by atoms with van der Waals surface area (Å²) in [5, 5.41) is 11.8. The lowest BCUT2D eigenvalue weighted by atomic mass is 9.97. The van der Waals surface area contributed by atoms with Gasteiger partial charge in [-0.2, -0.15) is 0 Å². The van der Waals surface area contributed by atoms with E-state index in [1.165, 1.54) is 7.11 Å². The molecule has 0 spiro atoms. The van der Waals surface area contributed by atoms with E-state index in [9.17, 15) is 14.7 Å². The van der Waals surface area contributed by atoms with Crippen LogP contribution in [0, 0.1) is 0 Å². The molecule has 0 radical (unpaired) electrons. The summed E-state index contributed by atoms with van der Waals surface area (Å²) in [7, 11) is 1.20. The minimum absolute atomic E-state index is 0.347. The molecule has 0 saturated carbocycles. The Hall–Kier alpha value is -2.86. The lowest BCUT2D eigenvalue weighted by Gasteiger charge is -2.18. The van der Waals surface area contributed by atoms with Crippen molar-refractivity contribution in [3.63, 3.8) is 0 Å². The Kier molecular flexibility index (Phi) is 6.54. The Labute approximate surface area is 146 Å². The summed E-state index contributed by atoms with van der Waals surface area (Å²) < 4.78 is 10.2. The third-order valence-corrected chi connectivity index (χ3v) is 3.61. The van der Waals surface area contributed by atoms with Gasteiger partial charge in [-0.25, -0.2) is 4.79 Å². The molecule has 0 saturated heterocycles. The van der Waals surface area contributed by atoms with E-state index in [1.54, 1.807) is 18.2 Å². The summed E-state index contributed by atoms with van der Waals surface area (Å²) >= 11 is 0. The van der Waals surface area contributed by atoms with Crippen molar-refractivity contribution in [3.8, 4) is 16.9 Å². The number of aliphatic hydroxyl groups excluding tert-OH is 1. The Morgan fingerprint density at radius 1 is 1.12 bits per heavy atom. The molecule has 2 N–H and O–H groups in total. The lowest BCUT2D eigenvalue weighted by Crippen LogP contribution is -2.44. The number of hydrogen-bond donors (Lipinski definition) is 2. The van der Waals surface area contributed by atoms with Crippen molar-refractivity contribution in [3.05, 3.63) is 54.1 Å². The number of methoxy groups -OCH3 is 1. The fraction of sp³-hybridized carbons (Fsp3) is 0.263. The van der Waals surface area contributed by atoms with Gasteiger partial charge in [0.1, 0.15) is 5.75 Å². The number of rotatable bonds is 7. The maximum absolute atomic E-state index is 12.7. The minimum Gasteiger partial charge on any atom is -0.493 e. The monoisotopic (exact) mass is 343 g/mol. The smallest absolute Gasteiger partial charge is 0.330 e. The normalized spacial score (nSPS) is 11.5. The van der Waals surface area contributed by atoms with Gasteiger partial charge in [0, 0.05) is 5.56 Å². The number of nitrogens with one attached hydrogen (secondary N) is 1. The Bertz CT molecular complexity index is 730. The summed E-state index contributed by atoms with van der Waals surface area (Å²) in [5.74, 6) is -0.636. The van der Waals surface area contributed by atoms with Crippen LogP contribution in [-0.4, -0.2) is 43.3 Å². The van der Waals surface area contributed by atoms with E-state index in [4.69, 9.17) is 4.74 Å². The van der Waals surface area contributed by atoms with Gasteiger partial charge in [0.05, 0.1) is 25.9 Å². The first-order chi connectivity index (χ1) is 12.1. The van der Waals surface area contributed by atoms with Gasteiger partial charge >= 0.3 is 5.97 Å². The van der Waals surface area contributed by atoms with E-state index in [-0.39, 0.29) is 0 Å². The van der Waals surface area contributed by atoms with Crippen LogP contribution in [0.25, 0.3) is 11.1 Å². The van der Waals surface area contributed by atoms with Gasteiger partial charge in [0.15, 0.2) is 6.04 Å². The van der Waals surface area contributed by atoms with E-state index in [0.717, 1.165) is 5.56 Å². The topological polar surface area (TPSA) is 84.9 Å². The number of hydrogen-bond acceptors (Lipinski definition) is 5. The predicted molar refractivity (Wildman–Crippen MR) is 93.4 cm³/mol. The lowest BCUT2D eigenvalue weighted by molar-refractivity contribution is -0.143. The molecule has 0 aliphatic rings. The quantitative estimate of drug-likeness (QED) is 0.751. The fourth-order valence-corrected chi connectivity index (χ4v) is 2.46. The number of aliphatic hydroxyl groups is 1. The van der Waals surface area contributed by atoms with Crippen LogP contribution in [0.15, 0.2) is 48.5 Å². The van der Waals surface area contributed by atoms with Crippen molar-refractivity contribution < 1.29 is 24.2 Å². The number of amides is 1. The number of carbonyl (C=O) groups excluding carboxylic acids is 2. The maximum atomic E-state index is 12.7. The fourth-order valence-electron chi connectivity index (χ4n) is 2.46. The first kappa shape index (κ1) is 18.5. The highest BCUT2D eigenvalue weighted by molar-refractivity contribution is 6.03. The summed E-state index contributed by atoms with van der Waals surface area (Å²) in [6, 6.07) is 13.4. The zero-order chi connectivity index (χ0) is 18.2. The number of esters is 1. The van der Waals surface area contributed by atoms with Crippen molar-refractivity contribution in [2.75, 3.05) is 20.3 Å². The zero-order valence-corrected chi connectivity index (χ0v) is 14.2. The molecule has 0 unspecified atom stereocenters. The van der Waals surface area contributed by atoms with E-state index in [1.807, 2.05) is 37.3 Å². The zero-order valence-electron chi connectivity index (χ0n) is 14.2. The highest BCUT2D eigenvalue weighted by Gasteiger charge is 2.24. The minimum atomic E-state index is -1.13. The summed E-state index contributed by atoms with van der Waals surface area (Å²) in [6.07, 6.45) is 0. The molecule has 0 fully saturated rings. The highest BCUT2D eigenvalue weighted by Crippen LogP contribution is 2.33. The van der Waals surface area contributed by atoms with Crippen LogP contribution in [0.2, 0.25) is 0 Å². The van der Waals surface area contributed by atoms with Gasteiger partial charge in [0.25, 0.3) is 5.91 Å². The van der Waals surface area contributed by atoms with E-state index in [2.05, 4.69) is 10.1 Å². The molecule has 132 valence electrons. The largest absolute Gasteiger partial charge is 0.493 e. The van der Waals surface area contributed by atoms with E-state index < -0.39 is 24.5 Å². The molecular formula is C19H21NO5. The second kappa shape index (κ2) is 8.84. The van der Waals surface area contributed by atoms with Crippen LogP contribution in [0.3, 0.4) is 0 Å². The van der Waals surface area contributed by atoms with Crippen LogP contribution < -0.4 is 10.1 Å². The predicted octanol–water partition coefficient (Wildman–Crippen LogP) is 2.02. The second-order valence-electron chi connectivity index (χ2n) is 5.21. The molecule has 0 bridgehead atoms. The Morgan fingerprint density at radius 3 is 2.44 bits per heavy atom. The first-order valence-corrected chi connectivity index (χ1v) is 7.93. The van der Waals surface area contributed by atoms with Crippen molar-refractivity contribution in [1.29, 1.82) is 0 Å². The summed E-state index contributed by atoms with van der Waals surface area (Å²) in [6.45, 7) is 1.76. The number of ether oxygens (including phenoxy) is 2. The van der Waals surface area contributed by atoms with Crippen LogP contribution in [-0.2, 0) is 9.53 Å². The SMILES string of the molecule is CCOc1cccc(C(=O)N[C@@H](CO)C(=O)OC)c1-c1ccccc1. The first-order valence-electron chi connectivity index (χ1n) is 7.93. The average Bonchev–Trinajstić information content (AvgIpc) is 2.66. The summed E-state index contributed by atoms with van der Waals surface area (Å²) in [4.78, 5) is 24.3. The van der Waals surface area contributed by atoms with Crippen LogP contribution in [0.1, 0.15) is 17.3 Å². The third kappa shape index (κ3) is 4.36. The van der Waals surface area contributed by atoms with Crippen LogP contribution in [0.5, 0.6) is 5.75 Å². The van der Waals surface area contributed by atoms with E-state index in [0.29, 0.717) is 23.5 Å². The molecular weight excluding hydrogens is 322 g/mol. The molecule has 6 nitrogen and oxygen atoms in total. The maximum Gasteiger partial charge on any atom is 0.330 e. The van der Waals surface area contributed by atoms with Gasteiger partial charge in [-0.1, -0.05) is 36.4 Å². The van der Waals surface area contributed by atoms with Gasteiger partial charge in [-0.3, -0.25) is 4.79 Å². The third-order valence-electron chi connectivity index (χ3n) is 3.61. The molecule has 2 rings (SSSR count). The van der Waals surface area contributed by atoms with Crippen molar-refractivity contribution in [2.45, 2.75) is 13.0 Å². The van der Waals surface area contributed by atoms with Crippen molar-refractivity contribution in [2.24, 2.45) is 0 Å².